The van der Waals surface area contributed by atoms with E-state index in [1.54, 1.807) is 0 Å². The highest BCUT2D eigenvalue weighted by Crippen LogP contribution is 2.35. The summed E-state index contributed by atoms with van der Waals surface area (Å²) >= 11 is 12.1. The van der Waals surface area contributed by atoms with Crippen LogP contribution in [0.5, 0.6) is 0 Å². The Labute approximate surface area is 176 Å². The zero-order valence-corrected chi connectivity index (χ0v) is 18.6. The molecule has 0 bridgehead atoms. The molecule has 0 unspecified atom stereocenters. The Balaban J connectivity index is 2.04. The van der Waals surface area contributed by atoms with Crippen LogP contribution in [-0.2, 0) is 14.8 Å². The van der Waals surface area contributed by atoms with E-state index in [9.17, 15) is 18.4 Å². The first kappa shape index (κ1) is 23.2. The number of halogens is 2. The van der Waals surface area contributed by atoms with E-state index in [0.717, 1.165) is 30.7 Å². The number of piperazine rings is 1. The molecule has 0 radical (unpaired) electrons. The average Bonchev–Trinajstić information content (AvgIpc) is 2.59. The quantitative estimate of drug-likeness (QED) is 0.488. The molecule has 1 aromatic rings. The second-order valence-corrected chi connectivity index (χ2v) is 10.2. The predicted octanol–water partition coefficient (Wildman–Crippen LogP) is 2.26. The maximum atomic E-state index is 12.5. The minimum Gasteiger partial charge on any atom is -0.324 e. The monoisotopic (exact) mass is 453 g/mol. The van der Waals surface area contributed by atoms with E-state index in [1.807, 2.05) is 0 Å². The van der Waals surface area contributed by atoms with Crippen molar-refractivity contribution in [3.8, 4) is 0 Å². The standard InChI is InChI=1S/C17H26Cl2N4O4S/c1-13(24)20-17-15(18)11-14(12-16(17)19)22(25)28(26,27)10-4-7-23(3)8-5-21(2)6-9-23/h11-12,25H,4-10H2,1-3H3/p+1. The van der Waals surface area contributed by atoms with E-state index < -0.39 is 10.0 Å². The SMILES string of the molecule is CC(=O)Nc1c(Cl)cc(N(O)S(=O)(=O)CCC[N+]2(C)CCN(C)CC2)cc1Cl. The fourth-order valence-electron chi connectivity index (χ4n) is 3.11. The zero-order valence-electron chi connectivity index (χ0n) is 16.3. The Bertz CT molecular complexity index is 803. The van der Waals surface area contributed by atoms with Crippen LogP contribution in [0.3, 0.4) is 0 Å². The number of nitrogens with zero attached hydrogens (tertiary/aromatic N) is 3. The van der Waals surface area contributed by atoms with Crippen LogP contribution in [0.4, 0.5) is 11.4 Å². The van der Waals surface area contributed by atoms with E-state index in [4.69, 9.17) is 23.2 Å². The minimum atomic E-state index is -3.96. The summed E-state index contributed by atoms with van der Waals surface area (Å²) < 4.78 is 26.1. The van der Waals surface area contributed by atoms with Crippen molar-refractivity contribution in [1.29, 1.82) is 0 Å². The number of carbonyl (C=O) groups is 1. The highest BCUT2D eigenvalue weighted by Gasteiger charge is 2.29. The van der Waals surface area contributed by atoms with Crippen molar-refractivity contribution < 1.29 is 22.9 Å². The molecule has 1 aromatic carbocycles. The number of hydrogen-bond acceptors (Lipinski definition) is 5. The predicted molar refractivity (Wildman–Crippen MR) is 112 cm³/mol. The smallest absolute Gasteiger partial charge is 0.257 e. The van der Waals surface area contributed by atoms with Gasteiger partial charge in [0.25, 0.3) is 10.0 Å². The summed E-state index contributed by atoms with van der Waals surface area (Å²) in [6.07, 6.45) is 0.422. The molecular weight excluding hydrogens is 427 g/mol. The summed E-state index contributed by atoms with van der Waals surface area (Å²) in [5.41, 5.74) is 0.0852. The number of carbonyl (C=O) groups excluding carboxylic acids is 1. The van der Waals surface area contributed by atoms with Gasteiger partial charge in [0.05, 0.1) is 53.9 Å². The molecule has 1 heterocycles. The number of nitrogens with one attached hydrogen (secondary N) is 1. The molecule has 158 valence electrons. The fraction of sp³-hybridized carbons (Fsp3) is 0.588. The van der Waals surface area contributed by atoms with Crippen molar-refractivity contribution in [3.63, 3.8) is 0 Å². The number of benzene rings is 1. The third kappa shape index (κ3) is 5.95. The van der Waals surface area contributed by atoms with Crippen LogP contribution >= 0.6 is 23.2 Å². The van der Waals surface area contributed by atoms with Crippen LogP contribution in [0.2, 0.25) is 10.0 Å². The molecule has 2 N–H and O–H groups in total. The van der Waals surface area contributed by atoms with Gasteiger partial charge in [-0.15, -0.1) is 4.47 Å². The van der Waals surface area contributed by atoms with E-state index in [0.29, 0.717) is 13.0 Å². The number of hydrogen-bond donors (Lipinski definition) is 2. The highest BCUT2D eigenvalue weighted by atomic mass is 35.5. The molecule has 0 aromatic heterocycles. The number of quaternary nitrogens is 1. The molecule has 28 heavy (non-hydrogen) atoms. The van der Waals surface area contributed by atoms with Crippen LogP contribution in [0.25, 0.3) is 0 Å². The van der Waals surface area contributed by atoms with E-state index in [-0.39, 0.29) is 37.5 Å². The summed E-state index contributed by atoms with van der Waals surface area (Å²) in [6, 6.07) is 2.48. The molecule has 0 saturated carbocycles. The summed E-state index contributed by atoms with van der Waals surface area (Å²) in [6.45, 7) is 5.90. The number of likely N-dealkylation sites (N-methyl/N-ethyl adjacent to an activating group) is 2. The second kappa shape index (κ2) is 9.15. The number of rotatable bonds is 7. The summed E-state index contributed by atoms with van der Waals surface area (Å²) in [5.74, 6) is -0.568. The van der Waals surface area contributed by atoms with E-state index in [2.05, 4.69) is 24.3 Å². The van der Waals surface area contributed by atoms with Crippen molar-refractivity contribution in [2.75, 3.05) is 62.4 Å². The Morgan fingerprint density at radius 1 is 1.29 bits per heavy atom. The van der Waals surface area contributed by atoms with Crippen LogP contribution in [0, 0.1) is 0 Å². The molecule has 1 saturated heterocycles. The topological polar surface area (TPSA) is 90.0 Å². The van der Waals surface area contributed by atoms with Gasteiger partial charge in [-0.2, -0.15) is 0 Å². The fourth-order valence-corrected chi connectivity index (χ4v) is 4.78. The largest absolute Gasteiger partial charge is 0.324 e. The molecule has 0 atom stereocenters. The van der Waals surface area contributed by atoms with Crippen molar-refractivity contribution in [1.82, 2.24) is 4.90 Å². The minimum absolute atomic E-state index is 0.0300. The molecule has 1 aliphatic heterocycles. The summed E-state index contributed by atoms with van der Waals surface area (Å²) in [7, 11) is 0.239. The third-order valence-electron chi connectivity index (χ3n) is 4.96. The van der Waals surface area contributed by atoms with E-state index in [1.165, 1.54) is 19.1 Å². The molecular formula is C17H27Cl2N4O4S+. The van der Waals surface area contributed by atoms with Gasteiger partial charge in [0.2, 0.25) is 5.91 Å². The molecule has 2 rings (SSSR count). The lowest BCUT2D eigenvalue weighted by Crippen LogP contribution is -2.56. The van der Waals surface area contributed by atoms with Gasteiger partial charge in [0.1, 0.15) is 0 Å². The van der Waals surface area contributed by atoms with Crippen molar-refractivity contribution in [2.45, 2.75) is 13.3 Å². The zero-order chi connectivity index (χ0) is 21.1. The summed E-state index contributed by atoms with van der Waals surface area (Å²) in [5, 5.41) is 12.8. The maximum absolute atomic E-state index is 12.5. The number of amides is 1. The van der Waals surface area contributed by atoms with Crippen molar-refractivity contribution in [3.05, 3.63) is 22.2 Å². The van der Waals surface area contributed by atoms with Gasteiger partial charge in [0, 0.05) is 26.4 Å². The van der Waals surface area contributed by atoms with Gasteiger partial charge >= 0.3 is 0 Å². The number of sulfonamides is 1. The molecule has 1 aliphatic rings. The molecule has 1 amide bonds. The first-order valence-electron chi connectivity index (χ1n) is 8.94. The molecule has 8 nitrogen and oxygen atoms in total. The van der Waals surface area contributed by atoms with Crippen LogP contribution in [0.1, 0.15) is 13.3 Å². The molecule has 11 heteroatoms. The summed E-state index contributed by atoms with van der Waals surface area (Å²) in [4.78, 5) is 13.5. The molecule has 1 fully saturated rings. The highest BCUT2D eigenvalue weighted by molar-refractivity contribution is 7.92. The molecule has 0 aliphatic carbocycles. The van der Waals surface area contributed by atoms with Gasteiger partial charge in [0.15, 0.2) is 0 Å². The molecule has 0 spiro atoms. The van der Waals surface area contributed by atoms with Gasteiger partial charge in [-0.25, -0.2) is 8.42 Å². The van der Waals surface area contributed by atoms with Crippen LogP contribution in [0.15, 0.2) is 12.1 Å². The second-order valence-electron chi connectivity index (χ2n) is 7.47. The Hall–Kier alpha value is -1.10. The van der Waals surface area contributed by atoms with Crippen LogP contribution < -0.4 is 9.79 Å². The Morgan fingerprint density at radius 2 is 1.82 bits per heavy atom. The Morgan fingerprint density at radius 3 is 2.32 bits per heavy atom. The first-order chi connectivity index (χ1) is 12.9. The van der Waals surface area contributed by atoms with Gasteiger partial charge in [-0.3, -0.25) is 14.9 Å². The van der Waals surface area contributed by atoms with Gasteiger partial charge < -0.3 is 9.80 Å². The van der Waals surface area contributed by atoms with E-state index >= 15 is 0 Å². The lowest BCUT2D eigenvalue weighted by atomic mass is 10.2. The Kier molecular flexibility index (Phi) is 7.57. The van der Waals surface area contributed by atoms with Crippen molar-refractivity contribution in [2.24, 2.45) is 0 Å². The van der Waals surface area contributed by atoms with Gasteiger partial charge in [-0.1, -0.05) is 23.2 Å². The lowest BCUT2D eigenvalue weighted by molar-refractivity contribution is -0.913. The lowest BCUT2D eigenvalue weighted by Gasteiger charge is -2.41. The normalized spacial score (nSPS) is 17.4. The van der Waals surface area contributed by atoms with Gasteiger partial charge in [-0.05, 0) is 19.2 Å². The maximum Gasteiger partial charge on any atom is 0.257 e. The number of anilines is 2. The first-order valence-corrected chi connectivity index (χ1v) is 11.3. The van der Waals surface area contributed by atoms with Crippen molar-refractivity contribution >= 4 is 50.5 Å². The average molecular weight is 454 g/mol. The third-order valence-corrected chi connectivity index (χ3v) is 7.09. The van der Waals surface area contributed by atoms with Crippen LogP contribution in [-0.4, -0.2) is 81.5 Å².